The van der Waals surface area contributed by atoms with Crippen LogP contribution >= 0.6 is 0 Å². The Morgan fingerprint density at radius 3 is 2.45 bits per heavy atom. The monoisotopic (exact) mass is 310 g/mol. The molecule has 122 valence electrons. The highest BCUT2D eigenvalue weighted by atomic mass is 19.1. The maximum absolute atomic E-state index is 14.9. The lowest BCUT2D eigenvalue weighted by Gasteiger charge is -2.32. The van der Waals surface area contributed by atoms with Crippen LogP contribution in [-0.2, 0) is 18.8 Å². The van der Waals surface area contributed by atoms with E-state index >= 15 is 0 Å². The largest absolute Gasteiger partial charge is 0.525 e. The van der Waals surface area contributed by atoms with Crippen LogP contribution in [0.3, 0.4) is 0 Å². The number of esters is 1. The van der Waals surface area contributed by atoms with Gasteiger partial charge in [-0.2, -0.15) is 0 Å². The van der Waals surface area contributed by atoms with E-state index in [1.165, 1.54) is 0 Å². The van der Waals surface area contributed by atoms with Gasteiger partial charge in [-0.05, 0) is 64.9 Å². The Morgan fingerprint density at radius 1 is 1.32 bits per heavy atom. The average molecular weight is 310 g/mol. The number of halogens is 1. The van der Waals surface area contributed by atoms with Crippen molar-refractivity contribution in [2.75, 3.05) is 6.61 Å². The highest BCUT2D eigenvalue weighted by Crippen LogP contribution is 2.62. The van der Waals surface area contributed by atoms with Crippen LogP contribution in [0.15, 0.2) is 11.3 Å². The van der Waals surface area contributed by atoms with Crippen molar-refractivity contribution >= 4 is 13.1 Å². The van der Waals surface area contributed by atoms with Crippen molar-refractivity contribution < 1.29 is 23.2 Å². The van der Waals surface area contributed by atoms with Crippen LogP contribution in [0.25, 0.3) is 0 Å². The van der Waals surface area contributed by atoms with Crippen molar-refractivity contribution in [1.29, 1.82) is 0 Å². The molecular weight excluding hydrogens is 286 g/mol. The zero-order valence-corrected chi connectivity index (χ0v) is 13.9. The lowest BCUT2D eigenvalue weighted by molar-refractivity contribution is -0.145. The molecule has 2 saturated carbocycles. The number of hydrogen-bond donors (Lipinski definition) is 0. The van der Waals surface area contributed by atoms with Gasteiger partial charge in [-0.15, -0.1) is 0 Å². The Kier molecular flexibility index (Phi) is 3.68. The molecule has 0 amide bonds. The molecule has 0 aromatic carbocycles. The summed E-state index contributed by atoms with van der Waals surface area (Å²) in [6.45, 7) is 9.77. The standard InChI is InChI=1S/C16H24BFO4/c1-6-20-14(19)12-9-7-8-10(11(9)12)13(18)17-21-15(2,3)16(4,5)22-17/h9,11-12H,6-8H2,1-5H3. The maximum atomic E-state index is 14.9. The van der Waals surface area contributed by atoms with E-state index < -0.39 is 18.3 Å². The predicted octanol–water partition coefficient (Wildman–Crippen LogP) is 3.06. The van der Waals surface area contributed by atoms with Gasteiger partial charge in [0.2, 0.25) is 0 Å². The second kappa shape index (κ2) is 5.06. The van der Waals surface area contributed by atoms with E-state index in [0.29, 0.717) is 18.6 Å². The van der Waals surface area contributed by atoms with Crippen LogP contribution in [0, 0.1) is 17.8 Å². The minimum absolute atomic E-state index is 0.0157. The Bertz CT molecular complexity index is 512. The first kappa shape index (κ1) is 16.0. The van der Waals surface area contributed by atoms with E-state index in [0.717, 1.165) is 6.42 Å². The van der Waals surface area contributed by atoms with Gasteiger partial charge in [-0.3, -0.25) is 4.79 Å². The number of carbonyl (C=O) groups is 1. The molecule has 2 aliphatic carbocycles. The van der Waals surface area contributed by atoms with Gasteiger partial charge in [0, 0.05) is 0 Å². The molecule has 4 nitrogen and oxygen atoms in total. The number of hydrogen-bond acceptors (Lipinski definition) is 4. The van der Waals surface area contributed by atoms with Crippen LogP contribution in [-0.4, -0.2) is 30.9 Å². The summed E-state index contributed by atoms with van der Waals surface area (Å²) in [5.41, 5.74) is -0.755. The van der Waals surface area contributed by atoms with Crippen LogP contribution in [0.5, 0.6) is 0 Å². The summed E-state index contributed by atoms with van der Waals surface area (Å²) in [5, 5.41) is 0. The van der Waals surface area contributed by atoms with Crippen LogP contribution in [0.2, 0.25) is 0 Å². The van der Waals surface area contributed by atoms with Crippen LogP contribution in [0.4, 0.5) is 4.39 Å². The Labute approximate surface area is 131 Å². The van der Waals surface area contributed by atoms with Crippen molar-refractivity contribution in [2.45, 2.75) is 58.7 Å². The smallest absolute Gasteiger partial charge is 0.466 e. The summed E-state index contributed by atoms with van der Waals surface area (Å²) in [6, 6.07) is 0. The van der Waals surface area contributed by atoms with E-state index in [1.54, 1.807) is 6.92 Å². The SMILES string of the molecule is CCOC(=O)C1C2CCC(=C(F)B3OC(C)(C)C(C)(C)O3)C21. The summed E-state index contributed by atoms with van der Waals surface area (Å²) >= 11 is 0. The number of ether oxygens (including phenoxy) is 1. The van der Waals surface area contributed by atoms with E-state index in [2.05, 4.69) is 0 Å². The molecule has 22 heavy (non-hydrogen) atoms. The minimum Gasteiger partial charge on any atom is -0.466 e. The van der Waals surface area contributed by atoms with Gasteiger partial charge in [-0.25, -0.2) is 4.39 Å². The third kappa shape index (κ3) is 2.31. The van der Waals surface area contributed by atoms with Crippen LogP contribution < -0.4 is 0 Å². The highest BCUT2D eigenvalue weighted by Gasteiger charge is 2.62. The van der Waals surface area contributed by atoms with Gasteiger partial charge >= 0.3 is 13.1 Å². The van der Waals surface area contributed by atoms with Crippen molar-refractivity contribution in [3.63, 3.8) is 0 Å². The summed E-state index contributed by atoms with van der Waals surface area (Å²) in [7, 11) is -0.956. The molecule has 3 fully saturated rings. The molecule has 0 N–H and O–H groups in total. The fourth-order valence-corrected chi connectivity index (χ4v) is 3.63. The van der Waals surface area contributed by atoms with Gasteiger partial charge in [-0.1, -0.05) is 0 Å². The molecule has 0 bridgehead atoms. The predicted molar refractivity (Wildman–Crippen MR) is 80.6 cm³/mol. The van der Waals surface area contributed by atoms with Gasteiger partial charge in [0.05, 0.1) is 23.7 Å². The van der Waals surface area contributed by atoms with E-state index in [1.807, 2.05) is 27.7 Å². The third-order valence-electron chi connectivity index (χ3n) is 5.64. The molecule has 3 rings (SSSR count). The highest BCUT2D eigenvalue weighted by molar-refractivity contribution is 6.53. The number of carbonyl (C=O) groups excluding carboxylic acids is 1. The molecule has 1 saturated heterocycles. The first-order chi connectivity index (χ1) is 10.2. The second-order valence-electron chi connectivity index (χ2n) is 7.47. The third-order valence-corrected chi connectivity index (χ3v) is 5.64. The zero-order valence-electron chi connectivity index (χ0n) is 13.9. The molecule has 1 heterocycles. The molecule has 3 atom stereocenters. The van der Waals surface area contributed by atoms with Crippen molar-refractivity contribution in [2.24, 2.45) is 17.8 Å². The summed E-state index contributed by atoms with van der Waals surface area (Å²) in [4.78, 5) is 11.9. The fraction of sp³-hybridized carbons (Fsp3) is 0.812. The molecule has 3 aliphatic rings. The summed E-state index contributed by atoms with van der Waals surface area (Å²) < 4.78 is 31.5. The molecule has 3 unspecified atom stereocenters. The van der Waals surface area contributed by atoms with Crippen LogP contribution in [0.1, 0.15) is 47.5 Å². The van der Waals surface area contributed by atoms with Gasteiger partial charge in [0.1, 0.15) is 5.73 Å². The van der Waals surface area contributed by atoms with E-state index in [-0.39, 0.29) is 29.4 Å². The maximum Gasteiger partial charge on any atom is 0.525 e. The lowest BCUT2D eigenvalue weighted by atomic mass is 9.83. The molecular formula is C16H24BFO4. The molecule has 0 spiro atoms. The van der Waals surface area contributed by atoms with Gasteiger partial charge < -0.3 is 14.0 Å². The van der Waals surface area contributed by atoms with Crippen molar-refractivity contribution in [3.05, 3.63) is 11.3 Å². The normalized spacial score (nSPS) is 37.0. The zero-order chi connectivity index (χ0) is 16.3. The number of rotatable bonds is 3. The van der Waals surface area contributed by atoms with Crippen molar-refractivity contribution in [1.82, 2.24) is 0 Å². The molecule has 0 aromatic heterocycles. The Hall–Kier alpha value is -0.875. The van der Waals surface area contributed by atoms with E-state index in [4.69, 9.17) is 14.0 Å². The van der Waals surface area contributed by atoms with E-state index in [9.17, 15) is 9.18 Å². The fourth-order valence-electron chi connectivity index (χ4n) is 3.63. The molecule has 6 heteroatoms. The number of fused-ring (bicyclic) bond motifs is 1. The van der Waals surface area contributed by atoms with Gasteiger partial charge in [0.15, 0.2) is 0 Å². The molecule has 0 radical (unpaired) electrons. The van der Waals surface area contributed by atoms with Crippen molar-refractivity contribution in [3.8, 4) is 0 Å². The summed E-state index contributed by atoms with van der Waals surface area (Å²) in [5.74, 6) is -0.145. The summed E-state index contributed by atoms with van der Waals surface area (Å²) in [6.07, 6.45) is 1.53. The topological polar surface area (TPSA) is 44.8 Å². The second-order valence-corrected chi connectivity index (χ2v) is 7.47. The quantitative estimate of drug-likeness (QED) is 0.594. The average Bonchev–Trinajstić information content (AvgIpc) is 2.88. The Balaban J connectivity index is 1.76. The lowest BCUT2D eigenvalue weighted by Crippen LogP contribution is -2.41. The Morgan fingerprint density at radius 2 is 1.91 bits per heavy atom. The number of allylic oxidation sites excluding steroid dienone is 1. The van der Waals surface area contributed by atoms with Gasteiger partial charge in [0.25, 0.3) is 0 Å². The first-order valence-electron chi connectivity index (χ1n) is 8.10. The molecule has 1 aliphatic heterocycles. The molecule has 0 aromatic rings. The minimum atomic E-state index is -0.956. The first-order valence-corrected chi connectivity index (χ1v) is 8.10.